The van der Waals surface area contributed by atoms with E-state index in [1.54, 1.807) is 0 Å². The van der Waals surface area contributed by atoms with Crippen LogP contribution in [0.1, 0.15) is 52.4 Å². The van der Waals surface area contributed by atoms with Gasteiger partial charge in [-0.05, 0) is 49.9 Å². The number of amides is 1. The van der Waals surface area contributed by atoms with Crippen LogP contribution in [0.4, 0.5) is 0 Å². The highest BCUT2D eigenvalue weighted by Crippen LogP contribution is 2.33. The van der Waals surface area contributed by atoms with Crippen LogP contribution in [-0.2, 0) is 4.79 Å². The zero-order valence-electron chi connectivity index (χ0n) is 12.8. The Balaban J connectivity index is 0.00000147. The third kappa shape index (κ3) is 3.48. The Hall–Kier alpha value is -0.280. The molecule has 3 aliphatic rings. The number of fused-ring (bicyclic) bond motifs is 2. The Morgan fingerprint density at radius 2 is 1.75 bits per heavy atom. The molecule has 1 N–H and O–H groups in total. The van der Waals surface area contributed by atoms with Crippen molar-refractivity contribution in [3.63, 3.8) is 0 Å². The number of hydrogen-bond acceptors (Lipinski definition) is 2. The fraction of sp³-hybridized carbons (Fsp3) is 0.938. The maximum absolute atomic E-state index is 12.5. The van der Waals surface area contributed by atoms with Crippen LogP contribution in [0.25, 0.3) is 0 Å². The van der Waals surface area contributed by atoms with Crippen LogP contribution in [0, 0.1) is 17.8 Å². The van der Waals surface area contributed by atoms with Crippen molar-refractivity contribution < 1.29 is 4.79 Å². The van der Waals surface area contributed by atoms with Crippen LogP contribution in [-0.4, -0.2) is 36.0 Å². The minimum Gasteiger partial charge on any atom is -0.342 e. The molecule has 3 saturated heterocycles. The van der Waals surface area contributed by atoms with Crippen LogP contribution < -0.4 is 5.32 Å². The van der Waals surface area contributed by atoms with Gasteiger partial charge in [-0.3, -0.25) is 4.79 Å². The topological polar surface area (TPSA) is 32.3 Å². The molecule has 0 aromatic carbocycles. The van der Waals surface area contributed by atoms with Crippen molar-refractivity contribution >= 4 is 18.3 Å². The van der Waals surface area contributed by atoms with Gasteiger partial charge in [0.1, 0.15) is 0 Å². The molecule has 1 amide bonds. The lowest BCUT2D eigenvalue weighted by atomic mass is 9.86. The lowest BCUT2D eigenvalue weighted by Crippen LogP contribution is -2.44. The molecule has 3 nitrogen and oxygen atoms in total. The van der Waals surface area contributed by atoms with Crippen molar-refractivity contribution in [3.8, 4) is 0 Å². The van der Waals surface area contributed by atoms with Gasteiger partial charge in [-0.15, -0.1) is 12.4 Å². The van der Waals surface area contributed by atoms with Crippen LogP contribution in [0.3, 0.4) is 0 Å². The molecule has 116 valence electrons. The molecule has 3 fully saturated rings. The van der Waals surface area contributed by atoms with E-state index in [1.165, 1.54) is 32.1 Å². The smallest absolute Gasteiger partial charge is 0.222 e. The fourth-order valence-corrected chi connectivity index (χ4v) is 4.21. The second-order valence-electron chi connectivity index (χ2n) is 7.26. The monoisotopic (exact) mass is 300 g/mol. The van der Waals surface area contributed by atoms with Crippen LogP contribution in [0.15, 0.2) is 0 Å². The Morgan fingerprint density at radius 1 is 1.10 bits per heavy atom. The first-order valence-electron chi connectivity index (χ1n) is 8.15. The number of halogens is 1. The molecule has 4 unspecified atom stereocenters. The predicted octanol–water partition coefficient (Wildman–Crippen LogP) is 2.83. The van der Waals surface area contributed by atoms with Crippen LogP contribution in [0.2, 0.25) is 0 Å². The third-order valence-electron chi connectivity index (χ3n) is 5.72. The highest BCUT2D eigenvalue weighted by molar-refractivity contribution is 5.85. The minimum absolute atomic E-state index is 0. The van der Waals surface area contributed by atoms with Gasteiger partial charge in [-0.25, -0.2) is 0 Å². The van der Waals surface area contributed by atoms with Gasteiger partial charge < -0.3 is 10.2 Å². The highest BCUT2D eigenvalue weighted by Gasteiger charge is 2.35. The molecule has 3 rings (SSSR count). The maximum Gasteiger partial charge on any atom is 0.222 e. The Kier molecular flexibility index (Phi) is 5.36. The van der Waals surface area contributed by atoms with E-state index in [2.05, 4.69) is 24.1 Å². The zero-order valence-corrected chi connectivity index (χ0v) is 13.6. The van der Waals surface area contributed by atoms with Gasteiger partial charge in [0.25, 0.3) is 0 Å². The van der Waals surface area contributed by atoms with E-state index >= 15 is 0 Å². The van der Waals surface area contributed by atoms with Crippen LogP contribution >= 0.6 is 12.4 Å². The van der Waals surface area contributed by atoms with Gasteiger partial charge in [0.05, 0.1) is 0 Å². The summed E-state index contributed by atoms with van der Waals surface area (Å²) in [5.41, 5.74) is 0. The third-order valence-corrected chi connectivity index (χ3v) is 5.72. The van der Waals surface area contributed by atoms with Crippen molar-refractivity contribution in [1.82, 2.24) is 10.2 Å². The van der Waals surface area contributed by atoms with Gasteiger partial charge in [0, 0.05) is 31.6 Å². The molecule has 3 aliphatic heterocycles. The molecular formula is C16H29ClN2O. The summed E-state index contributed by atoms with van der Waals surface area (Å²) in [6.07, 6.45) is 7.09. The normalized spacial score (nSPS) is 40.3. The summed E-state index contributed by atoms with van der Waals surface area (Å²) >= 11 is 0. The highest BCUT2D eigenvalue weighted by atomic mass is 35.5. The van der Waals surface area contributed by atoms with Gasteiger partial charge in [0.2, 0.25) is 5.91 Å². The summed E-state index contributed by atoms with van der Waals surface area (Å²) in [4.78, 5) is 14.6. The van der Waals surface area contributed by atoms with Gasteiger partial charge in [-0.1, -0.05) is 13.8 Å². The maximum atomic E-state index is 12.5. The van der Waals surface area contributed by atoms with Crippen LogP contribution in [0.5, 0.6) is 0 Å². The lowest BCUT2D eigenvalue weighted by Gasteiger charge is -2.37. The molecule has 0 saturated carbocycles. The Morgan fingerprint density at radius 3 is 2.35 bits per heavy atom. The molecule has 4 heteroatoms. The summed E-state index contributed by atoms with van der Waals surface area (Å²) in [5.74, 6) is 2.51. The fourth-order valence-electron chi connectivity index (χ4n) is 4.21. The second kappa shape index (κ2) is 6.65. The van der Waals surface area contributed by atoms with Gasteiger partial charge in [-0.2, -0.15) is 0 Å². The summed E-state index contributed by atoms with van der Waals surface area (Å²) < 4.78 is 0. The standard InChI is InChI=1S/C16H28N2O.ClH/c1-11-5-6-18(10-12(11)2)16(19)9-13-7-14-3-4-15(8-13)17-14;/h11-15,17H,3-10H2,1-2H3;1H. The first kappa shape index (κ1) is 16.1. The molecule has 0 spiro atoms. The molecule has 0 radical (unpaired) electrons. The molecule has 20 heavy (non-hydrogen) atoms. The molecule has 0 aliphatic carbocycles. The van der Waals surface area contributed by atoms with Crippen molar-refractivity contribution in [2.75, 3.05) is 13.1 Å². The molecule has 0 aromatic heterocycles. The number of rotatable bonds is 2. The SMILES string of the molecule is CC1CCN(C(=O)CC2CC3CCC(C2)N3)CC1C.Cl. The first-order valence-corrected chi connectivity index (χ1v) is 8.15. The Bertz CT molecular complexity index is 337. The zero-order chi connectivity index (χ0) is 13.4. The quantitative estimate of drug-likeness (QED) is 0.850. The number of hydrogen-bond donors (Lipinski definition) is 1. The van der Waals surface area contributed by atoms with Crippen molar-refractivity contribution in [2.24, 2.45) is 17.8 Å². The van der Waals surface area contributed by atoms with E-state index < -0.39 is 0 Å². The average molecular weight is 301 g/mol. The summed E-state index contributed by atoms with van der Waals surface area (Å²) in [6, 6.07) is 1.41. The number of nitrogens with zero attached hydrogens (tertiary/aromatic N) is 1. The lowest BCUT2D eigenvalue weighted by molar-refractivity contribution is -0.134. The van der Waals surface area contributed by atoms with E-state index in [-0.39, 0.29) is 12.4 Å². The van der Waals surface area contributed by atoms with E-state index in [9.17, 15) is 4.79 Å². The summed E-state index contributed by atoms with van der Waals surface area (Å²) in [5, 5.41) is 3.66. The predicted molar refractivity (Wildman–Crippen MR) is 84.1 cm³/mol. The van der Waals surface area contributed by atoms with E-state index in [0.717, 1.165) is 25.4 Å². The summed E-state index contributed by atoms with van der Waals surface area (Å²) in [7, 11) is 0. The van der Waals surface area contributed by atoms with Gasteiger partial charge in [0.15, 0.2) is 0 Å². The van der Waals surface area contributed by atoms with Crippen molar-refractivity contribution in [3.05, 3.63) is 0 Å². The first-order chi connectivity index (χ1) is 9.11. The van der Waals surface area contributed by atoms with Crippen molar-refractivity contribution in [2.45, 2.75) is 64.5 Å². The van der Waals surface area contributed by atoms with Gasteiger partial charge >= 0.3 is 0 Å². The molecular weight excluding hydrogens is 272 g/mol. The largest absolute Gasteiger partial charge is 0.342 e. The molecule has 3 heterocycles. The van der Waals surface area contributed by atoms with E-state index in [4.69, 9.17) is 0 Å². The number of nitrogens with one attached hydrogen (secondary N) is 1. The molecule has 0 aromatic rings. The Labute approximate surface area is 129 Å². The number of likely N-dealkylation sites (tertiary alicyclic amines) is 1. The number of piperidine rings is 2. The summed E-state index contributed by atoms with van der Waals surface area (Å²) in [6.45, 7) is 6.58. The van der Waals surface area contributed by atoms with E-state index in [1.807, 2.05) is 0 Å². The minimum atomic E-state index is 0. The van der Waals surface area contributed by atoms with E-state index in [0.29, 0.717) is 29.8 Å². The van der Waals surface area contributed by atoms with Crippen molar-refractivity contribution in [1.29, 1.82) is 0 Å². The number of carbonyl (C=O) groups is 1. The number of carbonyl (C=O) groups excluding carboxylic acids is 1. The second-order valence-corrected chi connectivity index (χ2v) is 7.26. The molecule has 2 bridgehead atoms. The molecule has 4 atom stereocenters. The average Bonchev–Trinajstić information content (AvgIpc) is 2.72.